The average Bonchev–Trinajstić information content (AvgIpc) is 3.11. The molecule has 0 saturated heterocycles. The summed E-state index contributed by atoms with van der Waals surface area (Å²) in [4.78, 5) is 42.2. The van der Waals surface area contributed by atoms with Crippen molar-refractivity contribution in [2.45, 2.75) is 43.8 Å². The van der Waals surface area contributed by atoms with E-state index in [1.54, 1.807) is 0 Å². The molecule has 1 heterocycles. The summed E-state index contributed by atoms with van der Waals surface area (Å²) in [6.45, 7) is -0.276. The van der Waals surface area contributed by atoms with Crippen molar-refractivity contribution in [1.29, 1.82) is 0 Å². The molecule has 26 heavy (non-hydrogen) atoms. The third kappa shape index (κ3) is 7.17. The Balaban J connectivity index is 2.76. The number of aliphatic hydroxyl groups excluding tert-OH is 1. The topological polar surface area (TPSA) is 196 Å². The van der Waals surface area contributed by atoms with E-state index in [4.69, 9.17) is 21.7 Å². The number of nitrogens with zero attached hydrogens (tertiary/aromatic N) is 1. The molecule has 11 heteroatoms. The summed E-state index contributed by atoms with van der Waals surface area (Å²) in [5, 5.41) is 22.7. The molecule has 3 atom stereocenters. The lowest BCUT2D eigenvalue weighted by Gasteiger charge is -2.22. The zero-order valence-electron chi connectivity index (χ0n) is 14.4. The number of aliphatic carboxylic acids is 1. The van der Waals surface area contributed by atoms with Crippen molar-refractivity contribution in [2.24, 2.45) is 11.5 Å². The highest BCUT2D eigenvalue weighted by Gasteiger charge is 2.28. The average molecular weight is 370 g/mol. The van der Waals surface area contributed by atoms with Gasteiger partial charge < -0.3 is 37.3 Å². The molecule has 1 rings (SSSR count). The lowest BCUT2D eigenvalue weighted by molar-refractivity contribution is -0.143. The second-order valence-corrected chi connectivity index (χ2v) is 5.82. The molecule has 11 nitrogen and oxygen atoms in total. The zero-order chi connectivity index (χ0) is 19.5. The minimum absolute atomic E-state index is 0.0604. The van der Waals surface area contributed by atoms with Crippen molar-refractivity contribution in [3.63, 3.8) is 0 Å². The molecule has 0 aliphatic heterocycles. The predicted molar refractivity (Wildman–Crippen MR) is 91.8 cm³/mol. The van der Waals surface area contributed by atoms with Gasteiger partial charge in [-0.15, -0.1) is 0 Å². The Bertz CT molecular complexity index is 579. The van der Waals surface area contributed by atoms with Crippen molar-refractivity contribution in [2.75, 3.05) is 13.2 Å². The number of hydrogen-bond acceptors (Lipinski definition) is 7. The standard InChI is InChI=1S/C15H26N6O5/c16-4-2-1-3-10(17)13(23)20-11(5-9-6-18-8-19-9)14(24)21-12(7-22)15(25)26/h6,8,10-12,22H,1-5,7,16-17H2,(H,18,19)(H,20,23)(H,21,24)(H,25,26). The van der Waals surface area contributed by atoms with Crippen molar-refractivity contribution < 1.29 is 24.6 Å². The molecule has 0 radical (unpaired) electrons. The monoisotopic (exact) mass is 370 g/mol. The molecule has 9 N–H and O–H groups in total. The van der Waals surface area contributed by atoms with Gasteiger partial charge in [0.1, 0.15) is 12.1 Å². The number of carboxylic acids is 1. The summed E-state index contributed by atoms with van der Waals surface area (Å²) in [5.74, 6) is -2.66. The van der Waals surface area contributed by atoms with E-state index >= 15 is 0 Å². The fraction of sp³-hybridized carbons (Fsp3) is 0.600. The lowest BCUT2D eigenvalue weighted by atomic mass is 10.1. The third-order valence-corrected chi connectivity index (χ3v) is 3.72. The van der Waals surface area contributed by atoms with Gasteiger partial charge in [-0.1, -0.05) is 6.42 Å². The Morgan fingerprint density at radius 2 is 1.88 bits per heavy atom. The first-order valence-electron chi connectivity index (χ1n) is 8.26. The maximum Gasteiger partial charge on any atom is 0.328 e. The Labute approximate surface area is 150 Å². The minimum Gasteiger partial charge on any atom is -0.480 e. The number of carbonyl (C=O) groups excluding carboxylic acids is 2. The van der Waals surface area contributed by atoms with E-state index in [2.05, 4.69) is 20.6 Å². The molecule has 146 valence electrons. The number of amides is 2. The Hall–Kier alpha value is -2.50. The van der Waals surface area contributed by atoms with Crippen LogP contribution in [0.1, 0.15) is 25.0 Å². The SMILES string of the molecule is NCCCCC(N)C(=O)NC(Cc1cnc[nH]1)C(=O)NC(CO)C(=O)O. The van der Waals surface area contributed by atoms with E-state index in [0.717, 1.165) is 6.42 Å². The minimum atomic E-state index is -1.47. The summed E-state index contributed by atoms with van der Waals surface area (Å²) in [5.41, 5.74) is 11.8. The van der Waals surface area contributed by atoms with Crippen LogP contribution < -0.4 is 22.1 Å². The lowest BCUT2D eigenvalue weighted by Crippen LogP contribution is -2.55. The Morgan fingerprint density at radius 1 is 1.19 bits per heavy atom. The molecule has 3 unspecified atom stereocenters. The third-order valence-electron chi connectivity index (χ3n) is 3.72. The molecule has 1 aromatic heterocycles. The molecular formula is C15H26N6O5. The normalized spacial score (nSPS) is 14.3. The van der Waals surface area contributed by atoms with Gasteiger partial charge in [-0.05, 0) is 19.4 Å². The molecule has 0 aromatic carbocycles. The number of hydrogen-bond donors (Lipinski definition) is 7. The summed E-state index contributed by atoms with van der Waals surface area (Å²) < 4.78 is 0. The zero-order valence-corrected chi connectivity index (χ0v) is 14.4. The quantitative estimate of drug-likeness (QED) is 0.195. The number of rotatable bonds is 12. The van der Waals surface area contributed by atoms with Crippen LogP contribution in [0.25, 0.3) is 0 Å². The first kappa shape index (κ1) is 21.5. The molecule has 0 saturated carbocycles. The summed E-state index contributed by atoms with van der Waals surface area (Å²) >= 11 is 0. The summed E-state index contributed by atoms with van der Waals surface area (Å²) in [7, 11) is 0. The van der Waals surface area contributed by atoms with Crippen LogP contribution in [0, 0.1) is 0 Å². The van der Waals surface area contributed by atoms with Crippen LogP contribution in [-0.4, -0.2) is 69.2 Å². The maximum atomic E-state index is 12.4. The Kier molecular flexibility index (Phi) is 9.26. The summed E-state index contributed by atoms with van der Waals surface area (Å²) in [6.07, 6.45) is 4.78. The number of aromatic nitrogens is 2. The van der Waals surface area contributed by atoms with Gasteiger partial charge in [-0.2, -0.15) is 0 Å². The predicted octanol–water partition coefficient (Wildman–Crippen LogP) is -2.54. The van der Waals surface area contributed by atoms with Crippen LogP contribution in [0.4, 0.5) is 0 Å². The molecular weight excluding hydrogens is 344 g/mol. The van der Waals surface area contributed by atoms with Gasteiger partial charge in [-0.25, -0.2) is 9.78 Å². The van der Waals surface area contributed by atoms with Gasteiger partial charge >= 0.3 is 5.97 Å². The van der Waals surface area contributed by atoms with Gasteiger partial charge in [0.25, 0.3) is 0 Å². The second kappa shape index (κ2) is 11.2. The molecule has 0 fully saturated rings. The number of imidazole rings is 1. The van der Waals surface area contributed by atoms with Gasteiger partial charge in [-0.3, -0.25) is 9.59 Å². The van der Waals surface area contributed by atoms with E-state index in [1.807, 2.05) is 0 Å². The van der Waals surface area contributed by atoms with Crippen LogP contribution in [-0.2, 0) is 20.8 Å². The van der Waals surface area contributed by atoms with Gasteiger partial charge in [0.2, 0.25) is 11.8 Å². The molecule has 2 amide bonds. The Morgan fingerprint density at radius 3 is 2.42 bits per heavy atom. The second-order valence-electron chi connectivity index (χ2n) is 5.82. The van der Waals surface area contributed by atoms with Crippen LogP contribution in [0.15, 0.2) is 12.5 Å². The van der Waals surface area contributed by atoms with Gasteiger partial charge in [0, 0.05) is 18.3 Å². The van der Waals surface area contributed by atoms with Crippen molar-refractivity contribution >= 4 is 17.8 Å². The van der Waals surface area contributed by atoms with Crippen LogP contribution >= 0.6 is 0 Å². The molecule has 1 aromatic rings. The first-order chi connectivity index (χ1) is 12.4. The number of nitrogens with one attached hydrogen (secondary N) is 3. The van der Waals surface area contributed by atoms with E-state index in [9.17, 15) is 14.4 Å². The summed E-state index contributed by atoms with van der Waals surface area (Å²) in [6, 6.07) is -3.36. The van der Waals surface area contributed by atoms with Crippen molar-refractivity contribution in [3.05, 3.63) is 18.2 Å². The fourth-order valence-corrected chi connectivity index (χ4v) is 2.20. The molecule has 0 aliphatic rings. The molecule has 0 bridgehead atoms. The number of aromatic amines is 1. The molecule has 0 spiro atoms. The van der Waals surface area contributed by atoms with Gasteiger partial charge in [0.15, 0.2) is 0 Å². The largest absolute Gasteiger partial charge is 0.480 e. The number of carbonyl (C=O) groups is 3. The van der Waals surface area contributed by atoms with E-state index < -0.39 is 42.5 Å². The number of H-pyrrole nitrogens is 1. The van der Waals surface area contributed by atoms with E-state index in [0.29, 0.717) is 25.1 Å². The molecule has 0 aliphatic carbocycles. The van der Waals surface area contributed by atoms with E-state index in [1.165, 1.54) is 12.5 Å². The number of unbranched alkanes of at least 4 members (excludes halogenated alkanes) is 1. The maximum absolute atomic E-state index is 12.4. The van der Waals surface area contributed by atoms with Crippen molar-refractivity contribution in [3.8, 4) is 0 Å². The van der Waals surface area contributed by atoms with Crippen LogP contribution in [0.5, 0.6) is 0 Å². The highest BCUT2D eigenvalue weighted by molar-refractivity contribution is 5.91. The highest BCUT2D eigenvalue weighted by Crippen LogP contribution is 2.03. The highest BCUT2D eigenvalue weighted by atomic mass is 16.4. The fourth-order valence-electron chi connectivity index (χ4n) is 2.20. The first-order valence-corrected chi connectivity index (χ1v) is 8.26. The number of nitrogens with two attached hydrogens (primary N) is 2. The number of carboxylic acid groups (broad SMARTS) is 1. The van der Waals surface area contributed by atoms with Crippen LogP contribution in [0.3, 0.4) is 0 Å². The van der Waals surface area contributed by atoms with Crippen LogP contribution in [0.2, 0.25) is 0 Å². The smallest absolute Gasteiger partial charge is 0.328 e. The number of aliphatic hydroxyl groups is 1. The van der Waals surface area contributed by atoms with E-state index in [-0.39, 0.29) is 6.42 Å². The van der Waals surface area contributed by atoms with Gasteiger partial charge in [0.05, 0.1) is 19.0 Å². The van der Waals surface area contributed by atoms with Crippen molar-refractivity contribution in [1.82, 2.24) is 20.6 Å².